The van der Waals surface area contributed by atoms with Gasteiger partial charge in [0.15, 0.2) is 0 Å². The van der Waals surface area contributed by atoms with Crippen LogP contribution in [0.1, 0.15) is 31.6 Å². The maximum absolute atomic E-state index is 3.64. The van der Waals surface area contributed by atoms with E-state index in [2.05, 4.69) is 51.4 Å². The minimum absolute atomic E-state index is 0.643. The zero-order valence-electron chi connectivity index (χ0n) is 10.6. The predicted molar refractivity (Wildman–Crippen MR) is 78.6 cm³/mol. The monoisotopic (exact) mass is 316 g/mol. The molecule has 96 valence electrons. The lowest BCUT2D eigenvalue weighted by Gasteiger charge is -2.38. The molecule has 0 bridgehead atoms. The number of halogens is 1. The van der Waals surface area contributed by atoms with Crippen molar-refractivity contribution in [2.75, 3.05) is 13.1 Å². The number of hydrogen-bond acceptors (Lipinski definition) is 3. The Morgan fingerprint density at radius 1 is 1.59 bits per heavy atom. The van der Waals surface area contributed by atoms with Gasteiger partial charge in [-0.2, -0.15) is 0 Å². The molecular formula is C13H21BrN2S. The van der Waals surface area contributed by atoms with E-state index in [0.717, 1.165) is 13.1 Å². The molecule has 2 rings (SSSR count). The normalized spacial score (nSPS) is 26.3. The molecule has 0 spiro atoms. The molecule has 0 amide bonds. The lowest BCUT2D eigenvalue weighted by atomic mass is 10.1. The van der Waals surface area contributed by atoms with Crippen molar-refractivity contribution in [3.63, 3.8) is 0 Å². The summed E-state index contributed by atoms with van der Waals surface area (Å²) in [5, 5.41) is 5.82. The van der Waals surface area contributed by atoms with E-state index in [9.17, 15) is 0 Å². The smallest absolute Gasteiger partial charge is 0.0332 e. The molecule has 1 saturated heterocycles. The first-order chi connectivity index (χ1) is 8.19. The fraction of sp³-hybridized carbons (Fsp3) is 0.692. The average molecular weight is 317 g/mol. The van der Waals surface area contributed by atoms with Crippen LogP contribution in [0.4, 0.5) is 0 Å². The Kier molecular flexibility index (Phi) is 5.03. The van der Waals surface area contributed by atoms with Crippen molar-refractivity contribution in [3.8, 4) is 0 Å². The van der Waals surface area contributed by atoms with E-state index < -0.39 is 0 Å². The standard InChI is InChI=1S/C13H21BrN2S/c1-3-4-12-7-16(10(2)6-15-12)8-13-5-11(14)9-17-13/h5,9-10,12,15H,3-4,6-8H2,1-2H3. The van der Waals surface area contributed by atoms with Crippen molar-refractivity contribution in [2.24, 2.45) is 0 Å². The van der Waals surface area contributed by atoms with Crippen LogP contribution < -0.4 is 5.32 Å². The molecule has 2 heterocycles. The molecule has 1 aromatic rings. The highest BCUT2D eigenvalue weighted by atomic mass is 79.9. The second-order valence-corrected chi connectivity index (χ2v) is 6.82. The van der Waals surface area contributed by atoms with E-state index in [1.807, 2.05) is 11.3 Å². The first kappa shape index (κ1) is 13.5. The molecule has 0 aromatic carbocycles. The van der Waals surface area contributed by atoms with E-state index in [1.165, 1.54) is 28.7 Å². The zero-order valence-corrected chi connectivity index (χ0v) is 13.0. The molecule has 1 N–H and O–H groups in total. The summed E-state index contributed by atoms with van der Waals surface area (Å²) in [7, 11) is 0. The second kappa shape index (κ2) is 6.32. The van der Waals surface area contributed by atoms with Gasteiger partial charge in [0.25, 0.3) is 0 Å². The van der Waals surface area contributed by atoms with Gasteiger partial charge in [0, 0.05) is 46.4 Å². The Morgan fingerprint density at radius 3 is 3.06 bits per heavy atom. The molecule has 2 atom stereocenters. The lowest BCUT2D eigenvalue weighted by molar-refractivity contribution is 0.130. The van der Waals surface area contributed by atoms with Crippen LogP contribution in [0.15, 0.2) is 15.9 Å². The van der Waals surface area contributed by atoms with Crippen LogP contribution in [-0.4, -0.2) is 30.1 Å². The predicted octanol–water partition coefficient (Wildman–Crippen LogP) is 3.47. The van der Waals surface area contributed by atoms with Gasteiger partial charge in [0.1, 0.15) is 0 Å². The van der Waals surface area contributed by atoms with Crippen molar-refractivity contribution >= 4 is 27.3 Å². The van der Waals surface area contributed by atoms with Crippen LogP contribution in [0.5, 0.6) is 0 Å². The lowest BCUT2D eigenvalue weighted by Crippen LogP contribution is -2.54. The third kappa shape index (κ3) is 3.78. The van der Waals surface area contributed by atoms with Gasteiger partial charge in [-0.1, -0.05) is 13.3 Å². The number of hydrogen-bond donors (Lipinski definition) is 1. The summed E-state index contributed by atoms with van der Waals surface area (Å²) < 4.78 is 1.21. The Hall–Kier alpha value is 0.1000. The van der Waals surface area contributed by atoms with Crippen molar-refractivity contribution in [3.05, 3.63) is 20.8 Å². The van der Waals surface area contributed by atoms with Gasteiger partial charge in [-0.05, 0) is 35.3 Å². The summed E-state index contributed by atoms with van der Waals surface area (Å²) in [6.07, 6.45) is 2.56. The maximum Gasteiger partial charge on any atom is 0.0332 e. The maximum atomic E-state index is 3.64. The van der Waals surface area contributed by atoms with Crippen LogP contribution >= 0.6 is 27.3 Å². The second-order valence-electron chi connectivity index (χ2n) is 4.90. The summed E-state index contributed by atoms with van der Waals surface area (Å²) in [5.74, 6) is 0. The molecule has 2 unspecified atom stereocenters. The summed E-state index contributed by atoms with van der Waals surface area (Å²) >= 11 is 5.38. The van der Waals surface area contributed by atoms with E-state index >= 15 is 0 Å². The Morgan fingerprint density at radius 2 is 2.41 bits per heavy atom. The third-order valence-electron chi connectivity index (χ3n) is 3.40. The van der Waals surface area contributed by atoms with Crippen LogP contribution in [0, 0.1) is 0 Å². The van der Waals surface area contributed by atoms with Gasteiger partial charge in [-0.25, -0.2) is 0 Å². The number of nitrogens with one attached hydrogen (secondary N) is 1. The highest BCUT2D eigenvalue weighted by Gasteiger charge is 2.24. The number of rotatable bonds is 4. The van der Waals surface area contributed by atoms with E-state index in [1.54, 1.807) is 0 Å². The Balaban J connectivity index is 1.93. The number of thiophene rings is 1. The zero-order chi connectivity index (χ0) is 12.3. The van der Waals surface area contributed by atoms with Crippen molar-refractivity contribution < 1.29 is 0 Å². The minimum Gasteiger partial charge on any atom is -0.311 e. The largest absolute Gasteiger partial charge is 0.311 e. The first-order valence-corrected chi connectivity index (χ1v) is 8.06. The van der Waals surface area contributed by atoms with Crippen molar-refractivity contribution in [1.29, 1.82) is 0 Å². The topological polar surface area (TPSA) is 15.3 Å². The van der Waals surface area contributed by atoms with E-state index in [-0.39, 0.29) is 0 Å². The summed E-state index contributed by atoms with van der Waals surface area (Å²) in [4.78, 5) is 4.07. The van der Waals surface area contributed by atoms with Gasteiger partial charge in [0.05, 0.1) is 0 Å². The van der Waals surface area contributed by atoms with Crippen LogP contribution in [0.3, 0.4) is 0 Å². The van der Waals surface area contributed by atoms with Gasteiger partial charge in [-0.15, -0.1) is 11.3 Å². The van der Waals surface area contributed by atoms with Crippen molar-refractivity contribution in [2.45, 2.75) is 45.3 Å². The number of piperazine rings is 1. The summed E-state index contributed by atoms with van der Waals surface area (Å²) in [6, 6.07) is 3.57. The van der Waals surface area contributed by atoms with Gasteiger partial charge in [0.2, 0.25) is 0 Å². The van der Waals surface area contributed by atoms with Gasteiger partial charge in [-0.3, -0.25) is 4.90 Å². The molecule has 1 aromatic heterocycles. The molecule has 0 saturated carbocycles. The van der Waals surface area contributed by atoms with Crippen molar-refractivity contribution in [1.82, 2.24) is 10.2 Å². The first-order valence-electron chi connectivity index (χ1n) is 6.39. The Bertz CT molecular complexity index is 353. The van der Waals surface area contributed by atoms with Gasteiger partial charge < -0.3 is 5.32 Å². The summed E-state index contributed by atoms with van der Waals surface area (Å²) in [5.41, 5.74) is 0. The summed E-state index contributed by atoms with van der Waals surface area (Å²) in [6.45, 7) is 7.99. The molecule has 1 fully saturated rings. The number of nitrogens with zero attached hydrogens (tertiary/aromatic N) is 1. The van der Waals surface area contributed by atoms with Crippen LogP contribution in [-0.2, 0) is 6.54 Å². The highest BCUT2D eigenvalue weighted by Crippen LogP contribution is 2.23. The Labute approximate surface area is 117 Å². The third-order valence-corrected chi connectivity index (χ3v) is 5.08. The van der Waals surface area contributed by atoms with Crippen LogP contribution in [0.2, 0.25) is 0 Å². The fourth-order valence-electron chi connectivity index (χ4n) is 2.39. The molecule has 17 heavy (non-hydrogen) atoms. The SMILES string of the molecule is CCCC1CN(Cc2cc(Br)cs2)C(C)CN1. The molecule has 0 aliphatic carbocycles. The average Bonchev–Trinajstić information content (AvgIpc) is 2.69. The molecule has 2 nitrogen and oxygen atoms in total. The van der Waals surface area contributed by atoms with E-state index in [0.29, 0.717) is 12.1 Å². The van der Waals surface area contributed by atoms with E-state index in [4.69, 9.17) is 0 Å². The van der Waals surface area contributed by atoms with Crippen LogP contribution in [0.25, 0.3) is 0 Å². The molecule has 4 heteroatoms. The molecule has 0 radical (unpaired) electrons. The fourth-order valence-corrected chi connectivity index (χ4v) is 3.87. The molecular weight excluding hydrogens is 296 g/mol. The molecule has 1 aliphatic heterocycles. The minimum atomic E-state index is 0.643. The molecule has 1 aliphatic rings. The quantitative estimate of drug-likeness (QED) is 0.915. The van der Waals surface area contributed by atoms with Gasteiger partial charge >= 0.3 is 0 Å². The highest BCUT2D eigenvalue weighted by molar-refractivity contribution is 9.10.